The van der Waals surface area contributed by atoms with Crippen molar-refractivity contribution in [2.45, 2.75) is 26.8 Å². The van der Waals surface area contributed by atoms with Gasteiger partial charge in [-0.25, -0.2) is 9.79 Å². The molecule has 1 aromatic heterocycles. The van der Waals surface area contributed by atoms with Crippen molar-refractivity contribution in [2.24, 2.45) is 4.99 Å². The highest BCUT2D eigenvalue weighted by Gasteiger charge is 2.32. The van der Waals surface area contributed by atoms with Crippen molar-refractivity contribution >= 4 is 39.9 Å². The zero-order valence-electron chi connectivity index (χ0n) is 21.1. The lowest BCUT2D eigenvalue weighted by Gasteiger charge is -2.22. The van der Waals surface area contributed by atoms with Crippen molar-refractivity contribution in [3.8, 4) is 17.2 Å². The number of allylic oxidation sites excluding steroid dienone is 1. The molecule has 3 aromatic carbocycles. The fourth-order valence-electron chi connectivity index (χ4n) is 4.60. The minimum Gasteiger partial charge on any atom is -0.507 e. The number of phenols is 2. The Labute approximate surface area is 222 Å². The molecule has 5 rings (SSSR count). The van der Waals surface area contributed by atoms with Gasteiger partial charge < -0.3 is 19.7 Å². The second-order valence-corrected chi connectivity index (χ2v) is 9.67. The van der Waals surface area contributed by atoms with Crippen LogP contribution in [0.25, 0.3) is 22.5 Å². The van der Waals surface area contributed by atoms with E-state index in [-0.39, 0.29) is 35.0 Å². The van der Waals surface area contributed by atoms with Crippen LogP contribution < -0.4 is 19.6 Å². The molecule has 1 aliphatic rings. The van der Waals surface area contributed by atoms with Crippen molar-refractivity contribution in [1.29, 1.82) is 0 Å². The number of ether oxygens (including phenoxy) is 2. The number of esters is 1. The lowest BCUT2D eigenvalue weighted by Crippen LogP contribution is -2.35. The van der Waals surface area contributed by atoms with E-state index in [0.29, 0.717) is 32.8 Å². The summed E-state index contributed by atoms with van der Waals surface area (Å²) in [7, 11) is 0. The smallest absolute Gasteiger partial charge is 0.338 e. The third-order valence-corrected chi connectivity index (χ3v) is 7.35. The van der Waals surface area contributed by atoms with E-state index in [1.54, 1.807) is 45.0 Å². The Morgan fingerprint density at radius 1 is 1.08 bits per heavy atom. The maximum Gasteiger partial charge on any atom is 0.338 e. The first-order chi connectivity index (χ1) is 18.3. The highest BCUT2D eigenvalue weighted by atomic mass is 32.1. The molecule has 4 aromatic rings. The summed E-state index contributed by atoms with van der Waals surface area (Å²) in [6.07, 6.45) is 1.66. The van der Waals surface area contributed by atoms with Crippen LogP contribution in [0.1, 0.15) is 37.9 Å². The normalized spacial score (nSPS) is 15.3. The zero-order valence-corrected chi connectivity index (χ0v) is 21.9. The summed E-state index contributed by atoms with van der Waals surface area (Å²) < 4.78 is 12.6. The Balaban J connectivity index is 1.75. The van der Waals surface area contributed by atoms with Gasteiger partial charge in [0.15, 0.2) is 16.3 Å². The number of nitrogens with zero attached hydrogens (tertiary/aromatic N) is 2. The Bertz CT molecular complexity index is 1780. The summed E-state index contributed by atoms with van der Waals surface area (Å²) in [6, 6.07) is 15.1. The third kappa shape index (κ3) is 4.35. The fourth-order valence-corrected chi connectivity index (χ4v) is 5.62. The predicted octanol–water partition coefficient (Wildman–Crippen LogP) is 3.87. The average molecular weight is 531 g/mol. The number of fused-ring (bicyclic) bond motifs is 2. The quantitative estimate of drug-likeness (QED) is 0.366. The maximum absolute atomic E-state index is 13.6. The number of hydrogen-bond donors (Lipinski definition) is 2. The number of rotatable bonds is 6. The van der Waals surface area contributed by atoms with E-state index in [2.05, 4.69) is 0 Å². The third-order valence-electron chi connectivity index (χ3n) is 6.36. The number of thiazole rings is 1. The minimum absolute atomic E-state index is 0.0235. The first-order valence-corrected chi connectivity index (χ1v) is 13.0. The number of aromatic nitrogens is 1. The Morgan fingerprint density at radius 3 is 2.61 bits per heavy atom. The van der Waals surface area contributed by atoms with Gasteiger partial charge in [0, 0.05) is 11.3 Å². The lowest BCUT2D eigenvalue weighted by atomic mass is 9.96. The summed E-state index contributed by atoms with van der Waals surface area (Å²) in [5.41, 5.74) is 1.43. The van der Waals surface area contributed by atoms with E-state index >= 15 is 0 Å². The van der Waals surface area contributed by atoms with Crippen LogP contribution >= 0.6 is 11.3 Å². The molecule has 0 amide bonds. The van der Waals surface area contributed by atoms with E-state index in [9.17, 15) is 19.8 Å². The van der Waals surface area contributed by atoms with Gasteiger partial charge in [-0.1, -0.05) is 47.7 Å². The second-order valence-electron chi connectivity index (χ2n) is 8.66. The van der Waals surface area contributed by atoms with Crippen LogP contribution in [0.5, 0.6) is 17.2 Å². The molecule has 9 heteroatoms. The van der Waals surface area contributed by atoms with Gasteiger partial charge in [0.25, 0.3) is 5.56 Å². The zero-order chi connectivity index (χ0) is 27.0. The molecule has 0 radical (unpaired) electrons. The SMILES string of the molecule is CCOC(=O)C1=C(C)n2c(s/c(=C\c3c(O)ccc4ccccc34)c2=O)=N[C@@H]1c1ccc(O)c(OCC)c1. The molecular weight excluding hydrogens is 504 g/mol. The molecular formula is C29H26N2O6S. The van der Waals surface area contributed by atoms with Gasteiger partial charge >= 0.3 is 5.97 Å². The number of benzene rings is 3. The van der Waals surface area contributed by atoms with Crippen molar-refractivity contribution in [3.63, 3.8) is 0 Å². The van der Waals surface area contributed by atoms with Crippen LogP contribution in [0.4, 0.5) is 0 Å². The van der Waals surface area contributed by atoms with Crippen LogP contribution in [0.15, 0.2) is 70.0 Å². The standard InChI is InChI=1S/C29H26N2O6S/c1-4-36-23-14-18(11-13-22(23)33)26-25(28(35)37-5-2)16(3)31-27(34)24(38-29(31)30-26)15-20-19-9-7-6-8-17(19)10-12-21(20)32/h6-15,26,32-33H,4-5H2,1-3H3/b24-15-/t26-/m1/s1. The van der Waals surface area contributed by atoms with Crippen molar-refractivity contribution in [3.05, 3.63) is 91.0 Å². The number of hydrogen-bond acceptors (Lipinski definition) is 8. The Kier molecular flexibility index (Phi) is 6.77. The van der Waals surface area contributed by atoms with E-state index in [1.807, 2.05) is 30.3 Å². The molecule has 0 bridgehead atoms. The van der Waals surface area contributed by atoms with Gasteiger partial charge in [-0.05, 0) is 61.4 Å². The molecule has 2 heterocycles. The molecule has 0 unspecified atom stereocenters. The second kappa shape index (κ2) is 10.2. The summed E-state index contributed by atoms with van der Waals surface area (Å²) >= 11 is 1.17. The molecule has 1 atom stereocenters. The minimum atomic E-state index is -0.772. The molecule has 0 spiro atoms. The summed E-state index contributed by atoms with van der Waals surface area (Å²) in [6.45, 7) is 5.72. The largest absolute Gasteiger partial charge is 0.507 e. The molecule has 38 heavy (non-hydrogen) atoms. The number of carbonyl (C=O) groups is 1. The van der Waals surface area contributed by atoms with E-state index in [0.717, 1.165) is 10.8 Å². The molecule has 1 aliphatic heterocycles. The number of phenolic OH excluding ortho intramolecular Hbond substituents is 2. The Morgan fingerprint density at radius 2 is 1.84 bits per heavy atom. The van der Waals surface area contributed by atoms with Gasteiger partial charge in [0.1, 0.15) is 11.8 Å². The van der Waals surface area contributed by atoms with Gasteiger partial charge in [-0.15, -0.1) is 0 Å². The molecule has 2 N–H and O–H groups in total. The number of carbonyl (C=O) groups excluding carboxylic acids is 1. The molecule has 0 saturated heterocycles. The predicted molar refractivity (Wildman–Crippen MR) is 146 cm³/mol. The molecule has 0 aliphatic carbocycles. The molecule has 8 nitrogen and oxygen atoms in total. The van der Waals surface area contributed by atoms with Gasteiger partial charge in [0.05, 0.1) is 23.3 Å². The summed E-state index contributed by atoms with van der Waals surface area (Å²) in [4.78, 5) is 31.9. The van der Waals surface area contributed by atoms with Crippen LogP contribution in [-0.2, 0) is 9.53 Å². The first-order valence-electron chi connectivity index (χ1n) is 12.2. The van der Waals surface area contributed by atoms with Crippen molar-refractivity contribution < 1.29 is 24.5 Å². The molecule has 0 saturated carbocycles. The fraction of sp³-hybridized carbons (Fsp3) is 0.207. The van der Waals surface area contributed by atoms with Crippen molar-refractivity contribution in [2.75, 3.05) is 13.2 Å². The topological polar surface area (TPSA) is 110 Å². The summed E-state index contributed by atoms with van der Waals surface area (Å²) in [5.74, 6) is -0.271. The average Bonchev–Trinajstić information content (AvgIpc) is 3.22. The van der Waals surface area contributed by atoms with Crippen molar-refractivity contribution in [1.82, 2.24) is 4.57 Å². The first kappa shape index (κ1) is 25.3. The van der Waals surface area contributed by atoms with Crippen LogP contribution in [0.3, 0.4) is 0 Å². The van der Waals surface area contributed by atoms with Crippen LogP contribution in [0, 0.1) is 0 Å². The summed E-state index contributed by atoms with van der Waals surface area (Å²) in [5, 5.41) is 22.5. The van der Waals surface area contributed by atoms with Crippen LogP contribution in [-0.4, -0.2) is 34.0 Å². The maximum atomic E-state index is 13.6. The highest BCUT2D eigenvalue weighted by molar-refractivity contribution is 7.07. The monoisotopic (exact) mass is 530 g/mol. The number of aromatic hydroxyl groups is 2. The molecule has 194 valence electrons. The van der Waals surface area contributed by atoms with E-state index < -0.39 is 12.0 Å². The van der Waals surface area contributed by atoms with E-state index in [4.69, 9.17) is 14.5 Å². The molecule has 0 fully saturated rings. The van der Waals surface area contributed by atoms with Gasteiger partial charge in [0.2, 0.25) is 0 Å². The van der Waals surface area contributed by atoms with Gasteiger partial charge in [-0.3, -0.25) is 9.36 Å². The van der Waals surface area contributed by atoms with Crippen LogP contribution in [0.2, 0.25) is 0 Å². The Hall–Kier alpha value is -4.37. The van der Waals surface area contributed by atoms with Gasteiger partial charge in [-0.2, -0.15) is 0 Å². The van der Waals surface area contributed by atoms with E-state index in [1.165, 1.54) is 22.0 Å². The highest BCUT2D eigenvalue weighted by Crippen LogP contribution is 2.37. The lowest BCUT2D eigenvalue weighted by molar-refractivity contribution is -0.138.